The first kappa shape index (κ1) is 13.7. The highest BCUT2D eigenvalue weighted by Gasteiger charge is 2.15. The predicted molar refractivity (Wildman–Crippen MR) is 74.6 cm³/mol. The van der Waals surface area contributed by atoms with Gasteiger partial charge in [0, 0.05) is 10.9 Å². The van der Waals surface area contributed by atoms with Gasteiger partial charge in [-0.25, -0.2) is 18.1 Å². The second-order valence-electron chi connectivity index (χ2n) is 4.11. The van der Waals surface area contributed by atoms with Gasteiger partial charge in [-0.3, -0.25) is 4.79 Å². The Morgan fingerprint density at radius 1 is 1.26 bits per heavy atom. The molecule has 5 nitrogen and oxygen atoms in total. The number of hydrogen-bond acceptors (Lipinski definition) is 5. The van der Waals surface area contributed by atoms with Crippen LogP contribution < -0.4 is 4.72 Å². The van der Waals surface area contributed by atoms with Crippen LogP contribution in [0, 0.1) is 6.92 Å². The summed E-state index contributed by atoms with van der Waals surface area (Å²) in [5, 5.41) is 2.22. The SMILES string of the molecule is Cc1ccc(-c2nc(C(=O)NS(C)(=O)=O)cs2)cc1. The molecular weight excluding hydrogens is 284 g/mol. The van der Waals surface area contributed by atoms with E-state index in [0.717, 1.165) is 17.4 Å². The van der Waals surface area contributed by atoms with Crippen molar-refractivity contribution >= 4 is 27.3 Å². The molecule has 1 aromatic carbocycles. The Morgan fingerprint density at radius 3 is 2.47 bits per heavy atom. The highest BCUT2D eigenvalue weighted by molar-refractivity contribution is 7.89. The van der Waals surface area contributed by atoms with E-state index in [-0.39, 0.29) is 5.69 Å². The molecule has 0 aliphatic heterocycles. The van der Waals surface area contributed by atoms with Crippen molar-refractivity contribution < 1.29 is 13.2 Å². The standard InChI is InChI=1S/C12H12N2O3S2/c1-8-3-5-9(6-4-8)12-13-10(7-18-12)11(15)14-19(2,16)17/h3-7H,1-2H3,(H,14,15). The fourth-order valence-corrected chi connectivity index (χ4v) is 2.67. The number of thiazole rings is 1. The van der Waals surface area contributed by atoms with Gasteiger partial charge in [0.05, 0.1) is 6.26 Å². The van der Waals surface area contributed by atoms with Gasteiger partial charge in [-0.2, -0.15) is 0 Å². The summed E-state index contributed by atoms with van der Waals surface area (Å²) in [6.07, 6.45) is 0.929. The topological polar surface area (TPSA) is 76.1 Å². The molecule has 19 heavy (non-hydrogen) atoms. The van der Waals surface area contributed by atoms with Gasteiger partial charge < -0.3 is 0 Å². The van der Waals surface area contributed by atoms with Crippen LogP contribution in [0.1, 0.15) is 16.1 Å². The lowest BCUT2D eigenvalue weighted by Gasteiger charge is -1.99. The van der Waals surface area contributed by atoms with E-state index >= 15 is 0 Å². The average molecular weight is 296 g/mol. The van der Waals surface area contributed by atoms with Crippen molar-refractivity contribution in [1.82, 2.24) is 9.71 Å². The molecule has 0 spiro atoms. The Balaban J connectivity index is 2.24. The predicted octanol–water partition coefficient (Wildman–Crippen LogP) is 1.81. The molecule has 1 amide bonds. The molecule has 0 aliphatic rings. The van der Waals surface area contributed by atoms with Crippen molar-refractivity contribution in [3.8, 4) is 10.6 Å². The van der Waals surface area contributed by atoms with E-state index in [1.54, 1.807) is 0 Å². The molecule has 2 rings (SSSR count). The number of aromatic nitrogens is 1. The molecule has 0 aliphatic carbocycles. The fourth-order valence-electron chi connectivity index (χ4n) is 1.43. The Hall–Kier alpha value is -1.73. The summed E-state index contributed by atoms with van der Waals surface area (Å²) in [6.45, 7) is 1.98. The van der Waals surface area contributed by atoms with Crippen molar-refractivity contribution in [1.29, 1.82) is 0 Å². The summed E-state index contributed by atoms with van der Waals surface area (Å²) in [5.41, 5.74) is 2.13. The first-order valence-electron chi connectivity index (χ1n) is 5.40. The molecule has 0 saturated carbocycles. The lowest BCUT2D eigenvalue weighted by atomic mass is 10.2. The summed E-state index contributed by atoms with van der Waals surface area (Å²) < 4.78 is 23.8. The van der Waals surface area contributed by atoms with Gasteiger partial charge in [0.2, 0.25) is 10.0 Å². The van der Waals surface area contributed by atoms with E-state index in [1.165, 1.54) is 16.7 Å². The van der Waals surface area contributed by atoms with E-state index in [9.17, 15) is 13.2 Å². The minimum atomic E-state index is -3.57. The van der Waals surface area contributed by atoms with Crippen LogP contribution in [0.5, 0.6) is 0 Å². The molecule has 2 aromatic rings. The van der Waals surface area contributed by atoms with Crippen LogP contribution >= 0.6 is 11.3 Å². The van der Waals surface area contributed by atoms with Crippen LogP contribution in [0.2, 0.25) is 0 Å². The molecule has 0 atom stereocenters. The monoisotopic (exact) mass is 296 g/mol. The number of nitrogens with zero attached hydrogens (tertiary/aromatic N) is 1. The summed E-state index contributed by atoms with van der Waals surface area (Å²) in [4.78, 5) is 15.7. The number of carbonyl (C=O) groups excluding carboxylic acids is 1. The number of amides is 1. The summed E-state index contributed by atoms with van der Waals surface area (Å²) in [5.74, 6) is -0.711. The third-order valence-electron chi connectivity index (χ3n) is 2.31. The molecule has 0 fully saturated rings. The molecule has 1 aromatic heterocycles. The van der Waals surface area contributed by atoms with Crippen LogP contribution in [0.15, 0.2) is 29.6 Å². The average Bonchev–Trinajstić information content (AvgIpc) is 2.77. The number of nitrogens with one attached hydrogen (secondary N) is 1. The fraction of sp³-hybridized carbons (Fsp3) is 0.167. The molecule has 1 heterocycles. The van der Waals surface area contributed by atoms with Crippen LogP contribution in [0.25, 0.3) is 10.6 Å². The third-order valence-corrected chi connectivity index (χ3v) is 3.76. The van der Waals surface area contributed by atoms with E-state index in [4.69, 9.17) is 0 Å². The minimum absolute atomic E-state index is 0.103. The Bertz CT molecular complexity index is 703. The maximum atomic E-state index is 11.6. The van der Waals surface area contributed by atoms with E-state index in [1.807, 2.05) is 35.9 Å². The van der Waals surface area contributed by atoms with Crippen molar-refractivity contribution in [3.63, 3.8) is 0 Å². The van der Waals surface area contributed by atoms with Crippen LogP contribution in [0.3, 0.4) is 0 Å². The maximum absolute atomic E-state index is 11.6. The third kappa shape index (κ3) is 3.62. The van der Waals surface area contributed by atoms with E-state index in [2.05, 4.69) is 4.98 Å². The number of hydrogen-bond donors (Lipinski definition) is 1. The normalized spacial score (nSPS) is 11.3. The molecular formula is C12H12N2O3S2. The number of aryl methyl sites for hydroxylation is 1. The number of sulfonamides is 1. The van der Waals surface area contributed by atoms with Crippen LogP contribution in [-0.4, -0.2) is 25.6 Å². The molecule has 0 saturated heterocycles. The highest BCUT2D eigenvalue weighted by Crippen LogP contribution is 2.23. The lowest BCUT2D eigenvalue weighted by molar-refractivity contribution is 0.0977. The number of carbonyl (C=O) groups is 1. The quantitative estimate of drug-likeness (QED) is 0.937. The van der Waals surface area contributed by atoms with E-state index in [0.29, 0.717) is 5.01 Å². The van der Waals surface area contributed by atoms with Gasteiger partial charge in [-0.05, 0) is 6.92 Å². The largest absolute Gasteiger partial charge is 0.284 e. The number of benzene rings is 1. The zero-order valence-corrected chi connectivity index (χ0v) is 12.0. The van der Waals surface area contributed by atoms with Crippen molar-refractivity contribution in [2.24, 2.45) is 0 Å². The van der Waals surface area contributed by atoms with Crippen molar-refractivity contribution in [2.45, 2.75) is 6.92 Å². The molecule has 0 bridgehead atoms. The van der Waals surface area contributed by atoms with Gasteiger partial charge in [0.1, 0.15) is 10.7 Å². The summed E-state index contributed by atoms with van der Waals surface area (Å²) in [6, 6.07) is 7.72. The van der Waals surface area contributed by atoms with Gasteiger partial charge in [0.25, 0.3) is 5.91 Å². The van der Waals surface area contributed by atoms with Crippen molar-refractivity contribution in [2.75, 3.05) is 6.26 Å². The molecule has 100 valence electrons. The van der Waals surface area contributed by atoms with Gasteiger partial charge in [-0.1, -0.05) is 29.8 Å². The first-order chi connectivity index (χ1) is 8.85. The van der Waals surface area contributed by atoms with E-state index < -0.39 is 15.9 Å². The molecule has 7 heteroatoms. The Kier molecular flexibility index (Phi) is 3.68. The van der Waals surface area contributed by atoms with Crippen LogP contribution in [-0.2, 0) is 10.0 Å². The summed E-state index contributed by atoms with van der Waals surface area (Å²) in [7, 11) is -3.57. The minimum Gasteiger partial charge on any atom is -0.266 e. The zero-order chi connectivity index (χ0) is 14.0. The Labute approximate surface area is 115 Å². The maximum Gasteiger partial charge on any atom is 0.284 e. The second-order valence-corrected chi connectivity index (χ2v) is 6.71. The lowest BCUT2D eigenvalue weighted by Crippen LogP contribution is -2.29. The van der Waals surface area contributed by atoms with Crippen molar-refractivity contribution in [3.05, 3.63) is 40.9 Å². The first-order valence-corrected chi connectivity index (χ1v) is 8.17. The van der Waals surface area contributed by atoms with Gasteiger partial charge in [-0.15, -0.1) is 11.3 Å². The molecule has 0 unspecified atom stereocenters. The second kappa shape index (κ2) is 5.10. The smallest absolute Gasteiger partial charge is 0.266 e. The van der Waals surface area contributed by atoms with Gasteiger partial charge in [0.15, 0.2) is 0 Å². The highest BCUT2D eigenvalue weighted by atomic mass is 32.2. The zero-order valence-electron chi connectivity index (χ0n) is 10.4. The van der Waals surface area contributed by atoms with Crippen LogP contribution in [0.4, 0.5) is 0 Å². The Morgan fingerprint density at radius 2 is 1.89 bits per heavy atom. The number of rotatable bonds is 3. The van der Waals surface area contributed by atoms with Gasteiger partial charge >= 0.3 is 0 Å². The summed E-state index contributed by atoms with van der Waals surface area (Å²) >= 11 is 1.30. The molecule has 0 radical (unpaired) electrons. The molecule has 1 N–H and O–H groups in total.